The summed E-state index contributed by atoms with van der Waals surface area (Å²) in [7, 11) is 0. The molecule has 598 valence electrons. The fourth-order valence-electron chi connectivity index (χ4n) is 13.6. The highest BCUT2D eigenvalue weighted by molar-refractivity contribution is 5.76. The second kappa shape index (κ2) is 63.9. The highest BCUT2D eigenvalue weighted by atomic mass is 16.8. The van der Waals surface area contributed by atoms with Crippen LogP contribution in [-0.2, 0) is 33.2 Å². The van der Waals surface area contributed by atoms with Gasteiger partial charge in [0.05, 0.1) is 38.6 Å². The lowest BCUT2D eigenvalue weighted by molar-refractivity contribution is -0.379. The second-order valence-electron chi connectivity index (χ2n) is 29.2. The zero-order chi connectivity index (χ0) is 74.6. The standard InChI is InChI=1S/C84H149NO18/c1-3-5-7-9-11-13-15-17-19-21-23-25-27-29-31-33-35-37-39-41-43-45-47-49-51-53-55-57-59-61-68(89)67(85-72(90)62-60-58-56-54-52-50-48-46-44-42-40-38-36-34-32-30-28-26-24-22-20-18-16-14-12-10-8-6-4-2)66-98-82-78(96)75(93)80(70(64-87)100-82)103-84-79(97)76(94)81(71(65-88)101-84)102-83-77(95)74(92)73(91)69(63-86)99-83/h6,8,12,14,18,20,24,26,30,32,36,38,59,61,67-71,73-84,86-89,91-97H,3-5,7,9-11,13,15-17,19,21-23,25,27-29,31,33-35,37,39-58,60,62-66H2,1-2H3,(H,85,90)/b8-6-,14-12-,20-18-,26-24-,32-30-,38-36-,61-59+. The van der Waals surface area contributed by atoms with Crippen LogP contribution in [0.4, 0.5) is 0 Å². The molecule has 3 rings (SSSR count). The molecule has 0 radical (unpaired) electrons. The lowest BCUT2D eigenvalue weighted by Gasteiger charge is -2.48. The predicted molar refractivity (Wildman–Crippen MR) is 411 cm³/mol. The van der Waals surface area contributed by atoms with E-state index in [-0.39, 0.29) is 18.9 Å². The molecular formula is C84H149NO18. The summed E-state index contributed by atoms with van der Waals surface area (Å²) in [5.41, 5.74) is 0. The van der Waals surface area contributed by atoms with Gasteiger partial charge in [-0.1, -0.05) is 317 Å². The number of carbonyl (C=O) groups excluding carboxylic acids is 1. The summed E-state index contributed by atoms with van der Waals surface area (Å²) < 4.78 is 34.5. The maximum Gasteiger partial charge on any atom is 0.220 e. The first-order valence-electron chi connectivity index (χ1n) is 41.3. The Balaban J connectivity index is 1.38. The van der Waals surface area contributed by atoms with Crippen molar-refractivity contribution in [3.05, 3.63) is 85.1 Å². The van der Waals surface area contributed by atoms with Gasteiger partial charge in [-0.05, 0) is 70.6 Å². The van der Waals surface area contributed by atoms with Gasteiger partial charge in [-0.3, -0.25) is 4.79 Å². The molecule has 0 saturated carbocycles. The number of hydrogen-bond donors (Lipinski definition) is 12. The first-order chi connectivity index (χ1) is 50.3. The Hall–Kier alpha value is -3.03. The Morgan fingerprint density at radius 2 is 0.670 bits per heavy atom. The molecule has 3 heterocycles. The van der Waals surface area contributed by atoms with Gasteiger partial charge < -0.3 is 89.9 Å². The summed E-state index contributed by atoms with van der Waals surface area (Å²) in [6.07, 6.45) is 58.5. The molecular weight excluding hydrogens is 1310 g/mol. The van der Waals surface area contributed by atoms with E-state index in [9.17, 15) is 61.0 Å². The van der Waals surface area contributed by atoms with Gasteiger partial charge in [0.2, 0.25) is 5.91 Å². The first-order valence-corrected chi connectivity index (χ1v) is 41.3. The molecule has 0 bridgehead atoms. The smallest absolute Gasteiger partial charge is 0.220 e. The zero-order valence-electron chi connectivity index (χ0n) is 64.0. The number of amides is 1. The maximum absolute atomic E-state index is 13.5. The highest BCUT2D eigenvalue weighted by Gasteiger charge is 2.54. The van der Waals surface area contributed by atoms with E-state index in [1.54, 1.807) is 6.08 Å². The van der Waals surface area contributed by atoms with Crippen LogP contribution in [0, 0.1) is 0 Å². The molecule has 17 atom stereocenters. The average molecular weight is 1460 g/mol. The maximum atomic E-state index is 13.5. The molecule has 19 nitrogen and oxygen atoms in total. The van der Waals surface area contributed by atoms with Gasteiger partial charge in [0, 0.05) is 6.42 Å². The molecule has 0 aromatic heterocycles. The number of aliphatic hydroxyl groups is 11. The van der Waals surface area contributed by atoms with Crippen LogP contribution in [0.15, 0.2) is 85.1 Å². The van der Waals surface area contributed by atoms with E-state index in [1.165, 1.54) is 186 Å². The Labute approximate surface area is 622 Å². The van der Waals surface area contributed by atoms with Crippen molar-refractivity contribution in [1.82, 2.24) is 5.32 Å². The van der Waals surface area contributed by atoms with Crippen molar-refractivity contribution in [2.45, 2.75) is 413 Å². The highest BCUT2D eigenvalue weighted by Crippen LogP contribution is 2.33. The van der Waals surface area contributed by atoms with Crippen molar-refractivity contribution in [2.24, 2.45) is 0 Å². The first kappa shape index (κ1) is 94.2. The van der Waals surface area contributed by atoms with Crippen LogP contribution in [0.5, 0.6) is 0 Å². The zero-order valence-corrected chi connectivity index (χ0v) is 64.0. The number of unbranched alkanes of at least 4 members (excludes halogenated alkanes) is 37. The van der Waals surface area contributed by atoms with Crippen molar-refractivity contribution in [3.63, 3.8) is 0 Å². The monoisotopic (exact) mass is 1460 g/mol. The summed E-state index contributed by atoms with van der Waals surface area (Å²) in [6, 6.07) is -0.983. The Morgan fingerprint density at radius 3 is 1.05 bits per heavy atom. The van der Waals surface area contributed by atoms with Gasteiger partial charge >= 0.3 is 0 Å². The van der Waals surface area contributed by atoms with Gasteiger partial charge in [0.15, 0.2) is 18.9 Å². The molecule has 1 amide bonds. The van der Waals surface area contributed by atoms with Crippen molar-refractivity contribution in [3.8, 4) is 0 Å². The van der Waals surface area contributed by atoms with Crippen LogP contribution >= 0.6 is 0 Å². The van der Waals surface area contributed by atoms with E-state index in [0.29, 0.717) is 6.42 Å². The van der Waals surface area contributed by atoms with E-state index < -0.39 is 124 Å². The summed E-state index contributed by atoms with van der Waals surface area (Å²) in [6.45, 7) is 1.65. The van der Waals surface area contributed by atoms with Crippen molar-refractivity contribution < 1.29 is 89.4 Å². The van der Waals surface area contributed by atoms with Gasteiger partial charge in [0.25, 0.3) is 0 Å². The van der Waals surface area contributed by atoms with Gasteiger partial charge in [-0.15, -0.1) is 0 Å². The summed E-state index contributed by atoms with van der Waals surface area (Å²) in [5, 5.41) is 121. The lowest BCUT2D eigenvalue weighted by Crippen LogP contribution is -2.66. The number of rotatable bonds is 65. The summed E-state index contributed by atoms with van der Waals surface area (Å²) in [4.78, 5) is 13.5. The van der Waals surface area contributed by atoms with Crippen molar-refractivity contribution in [2.75, 3.05) is 26.4 Å². The van der Waals surface area contributed by atoms with E-state index >= 15 is 0 Å². The lowest BCUT2D eigenvalue weighted by atomic mass is 9.96. The minimum Gasteiger partial charge on any atom is -0.394 e. The average Bonchev–Trinajstić information content (AvgIpc) is 0.781. The van der Waals surface area contributed by atoms with Crippen molar-refractivity contribution >= 4 is 5.91 Å². The fraction of sp³-hybridized carbons (Fsp3) is 0.821. The molecule has 0 aromatic rings. The fourth-order valence-corrected chi connectivity index (χ4v) is 13.6. The minimum absolute atomic E-state index is 0.234. The molecule has 12 N–H and O–H groups in total. The normalized spacial score (nSPS) is 26.5. The number of hydrogen-bond acceptors (Lipinski definition) is 18. The SMILES string of the molecule is CC/C=C\C/C=C\C/C=C\C/C=C\C/C=C\C/C=C\CCCCCCCCCCCCC(=O)NC(COC1OC(CO)C(OC2OC(CO)C(OC3OC(CO)C(O)C(O)C3O)C(O)C2O)C(O)C1O)C(O)/C=C/CCCCCCCCCCCCCCCCCCCCCCCCCCCCC. The Kier molecular flexibility index (Phi) is 58.4. The van der Waals surface area contributed by atoms with Crippen LogP contribution < -0.4 is 5.32 Å². The summed E-state index contributed by atoms with van der Waals surface area (Å²) >= 11 is 0. The number of nitrogens with one attached hydrogen (secondary N) is 1. The van der Waals surface area contributed by atoms with Gasteiger partial charge in [0.1, 0.15) is 73.2 Å². The number of carbonyl (C=O) groups is 1. The quantitative estimate of drug-likeness (QED) is 0.0199. The van der Waals surface area contributed by atoms with Crippen molar-refractivity contribution in [1.29, 1.82) is 0 Å². The Bertz CT molecular complexity index is 2190. The molecule has 3 saturated heterocycles. The third-order valence-electron chi connectivity index (χ3n) is 20.2. The van der Waals surface area contributed by atoms with E-state index in [4.69, 9.17) is 28.4 Å². The van der Waals surface area contributed by atoms with Crippen LogP contribution in [0.3, 0.4) is 0 Å². The van der Waals surface area contributed by atoms with Crippen LogP contribution in [0.2, 0.25) is 0 Å². The molecule has 0 spiro atoms. The predicted octanol–water partition coefficient (Wildman–Crippen LogP) is 14.2. The molecule has 3 fully saturated rings. The minimum atomic E-state index is -1.98. The van der Waals surface area contributed by atoms with E-state index in [0.717, 1.165) is 96.3 Å². The molecule has 19 heteroatoms. The Morgan fingerprint density at radius 1 is 0.359 bits per heavy atom. The molecule has 3 aliphatic rings. The van der Waals surface area contributed by atoms with Gasteiger partial charge in [-0.2, -0.15) is 0 Å². The molecule has 103 heavy (non-hydrogen) atoms. The summed E-state index contributed by atoms with van der Waals surface area (Å²) in [5.74, 6) is -0.280. The van der Waals surface area contributed by atoms with Crippen LogP contribution in [0.1, 0.15) is 309 Å². The third-order valence-corrected chi connectivity index (χ3v) is 20.2. The van der Waals surface area contributed by atoms with E-state index in [2.05, 4.69) is 92.1 Å². The largest absolute Gasteiger partial charge is 0.394 e. The number of aliphatic hydroxyl groups excluding tert-OH is 11. The van der Waals surface area contributed by atoms with Gasteiger partial charge in [-0.25, -0.2) is 0 Å². The number of ether oxygens (including phenoxy) is 6. The molecule has 0 aliphatic carbocycles. The molecule has 17 unspecified atom stereocenters. The number of allylic oxidation sites excluding steroid dienone is 13. The molecule has 0 aromatic carbocycles. The molecule has 3 aliphatic heterocycles. The van der Waals surface area contributed by atoms with Crippen LogP contribution in [0.25, 0.3) is 0 Å². The van der Waals surface area contributed by atoms with E-state index in [1.807, 2.05) is 6.08 Å². The topological polar surface area (TPSA) is 307 Å². The third kappa shape index (κ3) is 43.7. The van der Waals surface area contributed by atoms with Crippen LogP contribution in [-0.4, -0.2) is 193 Å². The second-order valence-corrected chi connectivity index (χ2v) is 29.2.